The number of anilines is 1. The van der Waals surface area contributed by atoms with Crippen LogP contribution in [0.4, 0.5) is 5.69 Å². The number of carbonyl (C=O) groups is 1. The van der Waals surface area contributed by atoms with E-state index in [2.05, 4.69) is 10.6 Å². The van der Waals surface area contributed by atoms with Gasteiger partial charge in [0.2, 0.25) is 0 Å². The van der Waals surface area contributed by atoms with Crippen LogP contribution in [0.2, 0.25) is 0 Å². The van der Waals surface area contributed by atoms with Crippen LogP contribution >= 0.6 is 0 Å². The van der Waals surface area contributed by atoms with Crippen molar-refractivity contribution in [3.05, 3.63) is 69.6 Å². The van der Waals surface area contributed by atoms with Crippen LogP contribution in [0.5, 0.6) is 5.75 Å². The van der Waals surface area contributed by atoms with Crippen LogP contribution in [0, 0.1) is 0 Å². The Kier molecular flexibility index (Phi) is 6.11. The highest BCUT2D eigenvalue weighted by molar-refractivity contribution is 6.05. The molecule has 0 aliphatic rings. The van der Waals surface area contributed by atoms with Gasteiger partial charge in [0, 0.05) is 23.2 Å². The minimum absolute atomic E-state index is 0.0286. The van der Waals surface area contributed by atoms with Gasteiger partial charge in [0.25, 0.3) is 5.91 Å². The van der Waals surface area contributed by atoms with E-state index in [0.717, 1.165) is 17.5 Å². The van der Waals surface area contributed by atoms with Gasteiger partial charge in [-0.25, -0.2) is 4.79 Å². The molecule has 2 N–H and O–H groups in total. The molecule has 28 heavy (non-hydrogen) atoms. The first-order valence-corrected chi connectivity index (χ1v) is 9.26. The lowest BCUT2D eigenvalue weighted by atomic mass is 10.0. The molecule has 0 aliphatic heterocycles. The number of nitrogens with one attached hydrogen (secondary N) is 2. The lowest BCUT2D eigenvalue weighted by Gasteiger charge is -2.11. The third kappa shape index (κ3) is 4.07. The molecule has 2 aromatic carbocycles. The normalized spacial score (nSPS) is 10.8. The van der Waals surface area contributed by atoms with Crippen LogP contribution in [0.25, 0.3) is 11.0 Å². The first-order valence-electron chi connectivity index (χ1n) is 9.26. The van der Waals surface area contributed by atoms with Gasteiger partial charge in [-0.1, -0.05) is 25.5 Å². The summed E-state index contributed by atoms with van der Waals surface area (Å²) < 4.78 is 10.9. The fraction of sp³-hybridized carbons (Fsp3) is 0.273. The number of methoxy groups -OCH3 is 1. The predicted molar refractivity (Wildman–Crippen MR) is 110 cm³/mol. The fourth-order valence-corrected chi connectivity index (χ4v) is 3.22. The molecule has 0 bridgehead atoms. The summed E-state index contributed by atoms with van der Waals surface area (Å²) in [6.45, 7) is 2.73. The molecule has 0 radical (unpaired) electrons. The zero-order valence-electron chi connectivity index (χ0n) is 16.3. The second kappa shape index (κ2) is 8.71. The number of benzene rings is 2. The summed E-state index contributed by atoms with van der Waals surface area (Å²) in [7, 11) is 3.44. The number of hydrogen-bond donors (Lipinski definition) is 2. The van der Waals surface area contributed by atoms with Crippen molar-refractivity contribution < 1.29 is 13.9 Å². The van der Waals surface area contributed by atoms with E-state index in [1.807, 2.05) is 38.2 Å². The molecule has 6 heteroatoms. The van der Waals surface area contributed by atoms with Crippen molar-refractivity contribution in [2.45, 2.75) is 26.3 Å². The summed E-state index contributed by atoms with van der Waals surface area (Å²) in [5.41, 5.74) is 2.27. The summed E-state index contributed by atoms with van der Waals surface area (Å²) in [4.78, 5) is 25.2. The van der Waals surface area contributed by atoms with E-state index in [1.165, 1.54) is 0 Å². The van der Waals surface area contributed by atoms with Crippen LogP contribution in [-0.4, -0.2) is 20.1 Å². The summed E-state index contributed by atoms with van der Waals surface area (Å²) in [6, 6.07) is 12.7. The molecule has 0 atom stereocenters. The van der Waals surface area contributed by atoms with Gasteiger partial charge in [-0.2, -0.15) is 0 Å². The maximum Gasteiger partial charge on any atom is 0.349 e. The van der Waals surface area contributed by atoms with Crippen molar-refractivity contribution in [2.24, 2.45) is 0 Å². The zero-order chi connectivity index (χ0) is 20.1. The van der Waals surface area contributed by atoms with Crippen molar-refractivity contribution in [2.75, 3.05) is 19.5 Å². The van der Waals surface area contributed by atoms with Gasteiger partial charge in [0.15, 0.2) is 0 Å². The van der Waals surface area contributed by atoms with E-state index < -0.39 is 11.5 Å². The molecule has 146 valence electrons. The SMILES string of the molecule is CCCc1c(OC)ccc2cc(C(=O)Nc3cccc(CNC)c3)c(=O)oc12. The smallest absolute Gasteiger partial charge is 0.349 e. The van der Waals surface area contributed by atoms with Crippen molar-refractivity contribution in [3.63, 3.8) is 0 Å². The highest BCUT2D eigenvalue weighted by atomic mass is 16.5. The van der Waals surface area contributed by atoms with Crippen LogP contribution < -0.4 is 21.0 Å². The van der Waals surface area contributed by atoms with E-state index >= 15 is 0 Å². The molecule has 1 aromatic heterocycles. The molecular weight excluding hydrogens is 356 g/mol. The Hall–Kier alpha value is -3.12. The van der Waals surface area contributed by atoms with Gasteiger partial charge >= 0.3 is 5.63 Å². The van der Waals surface area contributed by atoms with Crippen molar-refractivity contribution in [1.82, 2.24) is 5.32 Å². The van der Waals surface area contributed by atoms with Crippen LogP contribution in [0.15, 0.2) is 51.7 Å². The molecule has 1 heterocycles. The van der Waals surface area contributed by atoms with Gasteiger partial charge in [0.1, 0.15) is 16.9 Å². The molecule has 6 nitrogen and oxygen atoms in total. The van der Waals surface area contributed by atoms with Crippen molar-refractivity contribution >= 4 is 22.6 Å². The summed E-state index contributed by atoms with van der Waals surface area (Å²) in [5, 5.41) is 6.53. The Morgan fingerprint density at radius 2 is 2.00 bits per heavy atom. The van der Waals surface area contributed by atoms with E-state index in [9.17, 15) is 9.59 Å². The number of hydrogen-bond acceptors (Lipinski definition) is 5. The third-order valence-corrected chi connectivity index (χ3v) is 4.49. The minimum Gasteiger partial charge on any atom is -0.496 e. The Balaban J connectivity index is 1.97. The molecule has 0 saturated heterocycles. The Morgan fingerprint density at radius 1 is 1.18 bits per heavy atom. The Labute approximate surface area is 163 Å². The number of rotatable bonds is 7. The first kappa shape index (κ1) is 19.6. The second-order valence-corrected chi connectivity index (χ2v) is 6.55. The summed E-state index contributed by atoms with van der Waals surface area (Å²) >= 11 is 0. The predicted octanol–water partition coefficient (Wildman–Crippen LogP) is 3.73. The lowest BCUT2D eigenvalue weighted by Crippen LogP contribution is -2.21. The van der Waals surface area contributed by atoms with Crippen LogP contribution in [0.1, 0.15) is 34.8 Å². The molecule has 3 aromatic rings. The molecular formula is C22H24N2O4. The molecule has 0 saturated carbocycles. The van der Waals surface area contributed by atoms with Gasteiger partial charge in [-0.15, -0.1) is 0 Å². The van der Waals surface area contributed by atoms with Gasteiger partial charge in [-0.05, 0) is 49.4 Å². The van der Waals surface area contributed by atoms with Crippen LogP contribution in [0.3, 0.4) is 0 Å². The van der Waals surface area contributed by atoms with E-state index in [1.54, 1.807) is 25.3 Å². The molecule has 0 unspecified atom stereocenters. The van der Waals surface area contributed by atoms with Gasteiger partial charge < -0.3 is 19.8 Å². The minimum atomic E-state index is -0.665. The van der Waals surface area contributed by atoms with Gasteiger partial charge in [0.05, 0.1) is 7.11 Å². The summed E-state index contributed by atoms with van der Waals surface area (Å²) in [6.07, 6.45) is 1.59. The highest BCUT2D eigenvalue weighted by Gasteiger charge is 2.17. The van der Waals surface area contributed by atoms with Gasteiger partial charge in [-0.3, -0.25) is 4.79 Å². The monoisotopic (exact) mass is 380 g/mol. The Bertz CT molecular complexity index is 1060. The number of ether oxygens (including phenoxy) is 1. The van der Waals surface area contributed by atoms with E-state index in [-0.39, 0.29) is 5.56 Å². The number of carbonyl (C=O) groups excluding carboxylic acids is 1. The standard InChI is InChI=1S/C22H24N2O4/c1-4-6-17-19(27-3)10-9-15-12-18(22(26)28-20(15)17)21(25)24-16-8-5-7-14(11-16)13-23-2/h5,7-12,23H,4,6,13H2,1-3H3,(H,24,25). The van der Waals surface area contributed by atoms with Crippen molar-refractivity contribution in [3.8, 4) is 5.75 Å². The maximum atomic E-state index is 12.7. The Morgan fingerprint density at radius 3 is 2.71 bits per heavy atom. The zero-order valence-corrected chi connectivity index (χ0v) is 16.3. The van der Waals surface area contributed by atoms with E-state index in [4.69, 9.17) is 9.15 Å². The maximum absolute atomic E-state index is 12.7. The molecule has 3 rings (SSSR count). The van der Waals surface area contributed by atoms with E-state index in [0.29, 0.717) is 35.4 Å². The molecule has 0 aliphatic carbocycles. The highest BCUT2D eigenvalue weighted by Crippen LogP contribution is 2.29. The molecule has 0 spiro atoms. The van der Waals surface area contributed by atoms with Crippen molar-refractivity contribution in [1.29, 1.82) is 0 Å². The number of amides is 1. The second-order valence-electron chi connectivity index (χ2n) is 6.55. The fourth-order valence-electron chi connectivity index (χ4n) is 3.22. The number of aryl methyl sites for hydroxylation is 1. The third-order valence-electron chi connectivity index (χ3n) is 4.49. The average molecular weight is 380 g/mol. The lowest BCUT2D eigenvalue weighted by molar-refractivity contribution is 0.102. The van der Waals surface area contributed by atoms with Crippen LogP contribution in [-0.2, 0) is 13.0 Å². The largest absolute Gasteiger partial charge is 0.496 e. The number of fused-ring (bicyclic) bond motifs is 1. The topological polar surface area (TPSA) is 80.6 Å². The molecule has 0 fully saturated rings. The first-order chi connectivity index (χ1) is 13.6. The quantitative estimate of drug-likeness (QED) is 0.611. The molecule has 1 amide bonds. The average Bonchev–Trinajstić information content (AvgIpc) is 2.68. The summed E-state index contributed by atoms with van der Waals surface area (Å²) in [5.74, 6) is 0.182.